The topological polar surface area (TPSA) is 54.4 Å². The van der Waals surface area contributed by atoms with Crippen molar-refractivity contribution in [2.75, 3.05) is 0 Å². The van der Waals surface area contributed by atoms with E-state index >= 15 is 0 Å². The number of unbranched alkanes of at least 4 members (excludes halogenated alkanes) is 14. The molecule has 0 amide bonds. The third-order valence-corrected chi connectivity index (χ3v) is 7.09. The maximum absolute atomic E-state index is 11.3. The molecule has 174 valence electrons. The summed E-state index contributed by atoms with van der Waals surface area (Å²) in [5.74, 6) is 0. The average molecular weight is 447 g/mol. The van der Waals surface area contributed by atoms with Gasteiger partial charge in [-0.2, -0.15) is 8.42 Å². The molecule has 2 aromatic carbocycles. The molecule has 0 radical (unpaired) electrons. The lowest BCUT2D eigenvalue weighted by atomic mass is 10.0. The molecule has 4 heteroatoms. The molecule has 0 bridgehead atoms. The van der Waals surface area contributed by atoms with E-state index in [0.29, 0.717) is 0 Å². The standard InChI is InChI=1S/C27H42O3S/c1-2-3-4-5-6-7-8-9-10-11-12-13-14-15-16-17-24-18-19-26-23-27(31(28,29)30)21-20-25(26)22-24/h18-23H,2-17H2,1H3,(H,28,29,30). The first-order valence-corrected chi connectivity index (χ1v) is 13.9. The molecule has 3 nitrogen and oxygen atoms in total. The van der Waals surface area contributed by atoms with Crippen molar-refractivity contribution in [2.24, 2.45) is 0 Å². The third kappa shape index (κ3) is 10.7. The molecule has 1 N–H and O–H groups in total. The second-order valence-corrected chi connectivity index (χ2v) is 10.4. The van der Waals surface area contributed by atoms with Gasteiger partial charge in [0.25, 0.3) is 10.1 Å². The highest BCUT2D eigenvalue weighted by atomic mass is 32.2. The van der Waals surface area contributed by atoms with Crippen molar-refractivity contribution in [1.29, 1.82) is 0 Å². The van der Waals surface area contributed by atoms with E-state index in [4.69, 9.17) is 0 Å². The van der Waals surface area contributed by atoms with Crippen molar-refractivity contribution in [3.63, 3.8) is 0 Å². The van der Waals surface area contributed by atoms with Crippen LogP contribution in [0.4, 0.5) is 0 Å². The molecule has 0 spiro atoms. The normalized spacial score (nSPS) is 11.9. The number of hydrogen-bond acceptors (Lipinski definition) is 2. The fourth-order valence-electron chi connectivity index (χ4n) is 4.29. The van der Waals surface area contributed by atoms with Crippen LogP contribution < -0.4 is 0 Å². The van der Waals surface area contributed by atoms with E-state index in [0.717, 1.165) is 17.2 Å². The predicted octanol–water partition coefficient (Wildman–Crippen LogP) is 8.50. The fourth-order valence-corrected chi connectivity index (χ4v) is 4.81. The minimum absolute atomic E-state index is 0.0461. The molecule has 0 fully saturated rings. The monoisotopic (exact) mass is 446 g/mol. The lowest BCUT2D eigenvalue weighted by molar-refractivity contribution is 0.483. The lowest BCUT2D eigenvalue weighted by Crippen LogP contribution is -1.97. The molecule has 0 aliphatic carbocycles. The fraction of sp³-hybridized carbons (Fsp3) is 0.630. The van der Waals surface area contributed by atoms with Crippen molar-refractivity contribution < 1.29 is 13.0 Å². The quantitative estimate of drug-likeness (QED) is 0.196. The smallest absolute Gasteiger partial charge is 0.282 e. The predicted molar refractivity (Wildman–Crippen MR) is 132 cm³/mol. The van der Waals surface area contributed by atoms with Crippen molar-refractivity contribution in [1.82, 2.24) is 0 Å². The van der Waals surface area contributed by atoms with Crippen LogP contribution in [0.2, 0.25) is 0 Å². The molecule has 31 heavy (non-hydrogen) atoms. The summed E-state index contributed by atoms with van der Waals surface area (Å²) in [6.45, 7) is 2.28. The maximum atomic E-state index is 11.3. The number of aryl methyl sites for hydroxylation is 1. The molecule has 0 unspecified atom stereocenters. The van der Waals surface area contributed by atoms with E-state index in [1.807, 2.05) is 6.07 Å². The highest BCUT2D eigenvalue weighted by Gasteiger charge is 2.09. The van der Waals surface area contributed by atoms with E-state index in [9.17, 15) is 13.0 Å². The van der Waals surface area contributed by atoms with Gasteiger partial charge in [0.15, 0.2) is 0 Å². The van der Waals surface area contributed by atoms with Crippen LogP contribution in [0.3, 0.4) is 0 Å². The second kappa shape index (κ2) is 14.6. The molecule has 0 heterocycles. The second-order valence-electron chi connectivity index (χ2n) is 9.02. The molecule has 0 aliphatic heterocycles. The van der Waals surface area contributed by atoms with E-state index in [1.165, 1.54) is 114 Å². The van der Waals surface area contributed by atoms with Crippen LogP contribution in [0, 0.1) is 0 Å². The van der Waals surface area contributed by atoms with Gasteiger partial charge in [0, 0.05) is 0 Å². The van der Waals surface area contributed by atoms with Gasteiger partial charge in [0.2, 0.25) is 0 Å². The van der Waals surface area contributed by atoms with E-state index < -0.39 is 10.1 Å². The van der Waals surface area contributed by atoms with Gasteiger partial charge in [0.05, 0.1) is 4.90 Å². The Morgan fingerprint density at radius 3 is 1.58 bits per heavy atom. The zero-order chi connectivity index (χ0) is 22.4. The van der Waals surface area contributed by atoms with Gasteiger partial charge in [0.1, 0.15) is 0 Å². The van der Waals surface area contributed by atoms with Gasteiger partial charge in [-0.3, -0.25) is 4.55 Å². The van der Waals surface area contributed by atoms with Crippen LogP contribution in [0.1, 0.15) is 109 Å². The van der Waals surface area contributed by atoms with Gasteiger partial charge in [-0.25, -0.2) is 0 Å². The minimum atomic E-state index is -4.14. The Hall–Kier alpha value is -1.39. The largest absolute Gasteiger partial charge is 0.294 e. The van der Waals surface area contributed by atoms with E-state index in [-0.39, 0.29) is 4.90 Å². The van der Waals surface area contributed by atoms with Crippen molar-refractivity contribution in [2.45, 2.75) is 115 Å². The Bertz CT molecular complexity index is 858. The van der Waals surface area contributed by atoms with E-state index in [1.54, 1.807) is 6.07 Å². The van der Waals surface area contributed by atoms with Crippen LogP contribution in [-0.4, -0.2) is 13.0 Å². The van der Waals surface area contributed by atoms with Crippen molar-refractivity contribution >= 4 is 20.9 Å². The zero-order valence-electron chi connectivity index (χ0n) is 19.4. The van der Waals surface area contributed by atoms with Gasteiger partial charge < -0.3 is 0 Å². The third-order valence-electron chi connectivity index (χ3n) is 6.24. The molecule has 0 aliphatic rings. The molecule has 0 saturated carbocycles. The zero-order valence-corrected chi connectivity index (χ0v) is 20.3. The summed E-state index contributed by atoms with van der Waals surface area (Å²) in [5.41, 5.74) is 1.29. The molecule has 0 aromatic heterocycles. The molecule has 0 atom stereocenters. The van der Waals surface area contributed by atoms with Gasteiger partial charge in [-0.05, 0) is 41.3 Å². The van der Waals surface area contributed by atoms with Crippen LogP contribution >= 0.6 is 0 Å². The van der Waals surface area contributed by atoms with Gasteiger partial charge >= 0.3 is 0 Å². The average Bonchev–Trinajstić information content (AvgIpc) is 2.75. The number of hydrogen-bond donors (Lipinski definition) is 1. The summed E-state index contributed by atoms with van der Waals surface area (Å²) in [6, 6.07) is 10.9. The Morgan fingerprint density at radius 2 is 1.06 bits per heavy atom. The number of fused-ring (bicyclic) bond motifs is 1. The van der Waals surface area contributed by atoms with Crippen molar-refractivity contribution in [3.05, 3.63) is 42.0 Å². The highest BCUT2D eigenvalue weighted by Crippen LogP contribution is 2.22. The first-order valence-electron chi connectivity index (χ1n) is 12.5. The summed E-state index contributed by atoms with van der Waals surface area (Å²) in [7, 11) is -4.14. The van der Waals surface area contributed by atoms with Gasteiger partial charge in [-0.1, -0.05) is 121 Å². The van der Waals surface area contributed by atoms with Gasteiger partial charge in [-0.15, -0.1) is 0 Å². The Labute approximate surface area is 190 Å². The molecular formula is C27H42O3S. The van der Waals surface area contributed by atoms with Crippen LogP contribution in [0.25, 0.3) is 10.8 Å². The van der Waals surface area contributed by atoms with Crippen molar-refractivity contribution in [3.8, 4) is 0 Å². The SMILES string of the molecule is CCCCCCCCCCCCCCCCCc1ccc2cc(S(=O)(=O)O)ccc2c1. The lowest BCUT2D eigenvalue weighted by Gasteiger charge is -2.06. The van der Waals surface area contributed by atoms with E-state index in [2.05, 4.69) is 19.1 Å². The summed E-state index contributed by atoms with van der Waals surface area (Å²) in [4.78, 5) is -0.0461. The summed E-state index contributed by atoms with van der Waals surface area (Å²) < 4.78 is 31.7. The summed E-state index contributed by atoms with van der Waals surface area (Å²) >= 11 is 0. The number of benzene rings is 2. The molecule has 2 aromatic rings. The Morgan fingerprint density at radius 1 is 0.613 bits per heavy atom. The molecular weight excluding hydrogens is 404 g/mol. The summed E-state index contributed by atoms with van der Waals surface area (Å²) in [6.07, 6.45) is 21.7. The first kappa shape index (κ1) is 25.9. The number of rotatable bonds is 17. The molecule has 2 rings (SSSR count). The van der Waals surface area contributed by atoms with Crippen LogP contribution in [-0.2, 0) is 16.5 Å². The minimum Gasteiger partial charge on any atom is -0.282 e. The molecule has 0 saturated heterocycles. The van der Waals surface area contributed by atoms with Crippen LogP contribution in [0.15, 0.2) is 41.3 Å². The first-order chi connectivity index (χ1) is 15.0. The Balaban J connectivity index is 1.50. The highest BCUT2D eigenvalue weighted by molar-refractivity contribution is 7.85. The van der Waals surface area contributed by atoms with Crippen LogP contribution in [0.5, 0.6) is 0 Å². The maximum Gasteiger partial charge on any atom is 0.294 e. The Kier molecular flexibility index (Phi) is 12.2. The summed E-state index contributed by atoms with van der Waals surface area (Å²) in [5, 5.41) is 1.86.